The van der Waals surface area contributed by atoms with Crippen LogP contribution in [0.1, 0.15) is 11.5 Å². The summed E-state index contributed by atoms with van der Waals surface area (Å²) < 4.78 is 15.5. The molecule has 0 spiro atoms. The Labute approximate surface area is 143 Å². The van der Waals surface area contributed by atoms with E-state index < -0.39 is 34.5 Å². The third-order valence-electron chi connectivity index (χ3n) is 5.02. The Kier molecular flexibility index (Phi) is 3.61. The summed E-state index contributed by atoms with van der Waals surface area (Å²) in [5.41, 5.74) is -2.74. The first-order chi connectivity index (χ1) is 11.4. The van der Waals surface area contributed by atoms with Gasteiger partial charge in [-0.25, -0.2) is 0 Å². The van der Waals surface area contributed by atoms with E-state index in [1.54, 1.807) is 24.3 Å². The highest BCUT2D eigenvalue weighted by molar-refractivity contribution is 6.30. The van der Waals surface area contributed by atoms with Crippen LogP contribution in [0, 0.1) is 22.2 Å². The molecule has 2 fully saturated rings. The van der Waals surface area contributed by atoms with Crippen molar-refractivity contribution in [3.63, 3.8) is 0 Å². The van der Waals surface area contributed by atoms with Crippen LogP contribution in [0.4, 0.5) is 0 Å². The average molecular weight is 351 g/mol. The van der Waals surface area contributed by atoms with E-state index in [-0.39, 0.29) is 0 Å². The van der Waals surface area contributed by atoms with Crippen molar-refractivity contribution in [2.45, 2.75) is 11.8 Å². The summed E-state index contributed by atoms with van der Waals surface area (Å²) in [6.45, 7) is 0. The van der Waals surface area contributed by atoms with Crippen LogP contribution in [0.5, 0.6) is 0 Å². The lowest BCUT2D eigenvalue weighted by Gasteiger charge is -2.32. The summed E-state index contributed by atoms with van der Waals surface area (Å²) in [6.07, 6.45) is 0. The van der Waals surface area contributed by atoms with E-state index in [1.165, 1.54) is 21.3 Å². The van der Waals surface area contributed by atoms with Crippen LogP contribution >= 0.6 is 11.6 Å². The second kappa shape index (κ2) is 5.18. The molecule has 1 amide bonds. The lowest BCUT2D eigenvalue weighted by molar-refractivity contribution is -0.248. The number of fused-ring (bicyclic) bond motifs is 1. The summed E-state index contributed by atoms with van der Waals surface area (Å²) in [5, 5.41) is 12.9. The van der Waals surface area contributed by atoms with Gasteiger partial charge in [0, 0.05) is 25.2 Å². The minimum absolute atomic E-state index is 0.497. The first kappa shape index (κ1) is 16.7. The SMILES string of the molecule is COC(=O)[C@@]12C(=O)NC(OC)(OC)[C@]1(C#N)[C@H]2c1ccc(Cl)cc1. The molecule has 0 radical (unpaired) electrons. The van der Waals surface area contributed by atoms with Crippen molar-refractivity contribution in [2.75, 3.05) is 21.3 Å². The molecule has 8 heteroatoms. The van der Waals surface area contributed by atoms with Crippen molar-refractivity contribution in [2.24, 2.45) is 10.8 Å². The maximum atomic E-state index is 12.7. The summed E-state index contributed by atoms with van der Waals surface area (Å²) in [6, 6.07) is 8.67. The summed E-state index contributed by atoms with van der Waals surface area (Å²) in [5.74, 6) is -4.01. The second-order valence-electron chi connectivity index (χ2n) is 5.68. The molecule has 1 aromatic carbocycles. The van der Waals surface area contributed by atoms with Crippen LogP contribution in [-0.2, 0) is 23.8 Å². The van der Waals surface area contributed by atoms with Gasteiger partial charge >= 0.3 is 5.97 Å². The number of nitriles is 1. The Morgan fingerprint density at radius 1 is 1.25 bits per heavy atom. The summed E-state index contributed by atoms with van der Waals surface area (Å²) >= 11 is 5.90. The topological polar surface area (TPSA) is 97.7 Å². The number of methoxy groups -OCH3 is 3. The Bertz CT molecular complexity index is 755. The third-order valence-corrected chi connectivity index (χ3v) is 5.27. The van der Waals surface area contributed by atoms with E-state index in [9.17, 15) is 14.9 Å². The molecule has 126 valence electrons. The van der Waals surface area contributed by atoms with Gasteiger partial charge in [0.15, 0.2) is 10.8 Å². The number of amides is 1. The average Bonchev–Trinajstić information content (AvgIpc) is 3.18. The van der Waals surface area contributed by atoms with Crippen molar-refractivity contribution in [1.29, 1.82) is 5.26 Å². The summed E-state index contributed by atoms with van der Waals surface area (Å²) in [4.78, 5) is 25.3. The lowest BCUT2D eigenvalue weighted by Crippen LogP contribution is -2.54. The van der Waals surface area contributed by atoms with Gasteiger partial charge in [-0.1, -0.05) is 23.7 Å². The zero-order valence-electron chi connectivity index (χ0n) is 13.3. The van der Waals surface area contributed by atoms with E-state index in [0.29, 0.717) is 10.6 Å². The Balaban J connectivity index is 2.26. The molecule has 1 aliphatic heterocycles. The van der Waals surface area contributed by atoms with Crippen molar-refractivity contribution >= 4 is 23.5 Å². The molecule has 0 unspecified atom stereocenters. The van der Waals surface area contributed by atoms with Crippen LogP contribution in [-0.4, -0.2) is 39.1 Å². The van der Waals surface area contributed by atoms with Crippen molar-refractivity contribution in [3.05, 3.63) is 34.9 Å². The predicted octanol–water partition coefficient (Wildman–Crippen LogP) is 1.18. The number of nitrogens with zero attached hydrogens (tertiary/aromatic N) is 1. The van der Waals surface area contributed by atoms with E-state index in [2.05, 4.69) is 11.4 Å². The first-order valence-corrected chi connectivity index (χ1v) is 7.47. The van der Waals surface area contributed by atoms with Crippen LogP contribution in [0.2, 0.25) is 5.02 Å². The fourth-order valence-corrected chi connectivity index (χ4v) is 4.13. The molecular weight excluding hydrogens is 336 g/mol. The monoisotopic (exact) mass is 350 g/mol. The van der Waals surface area contributed by atoms with Crippen molar-refractivity contribution in [3.8, 4) is 6.07 Å². The molecule has 1 heterocycles. The van der Waals surface area contributed by atoms with E-state index >= 15 is 0 Å². The van der Waals surface area contributed by atoms with Crippen molar-refractivity contribution < 1.29 is 23.8 Å². The van der Waals surface area contributed by atoms with Gasteiger partial charge in [0.1, 0.15) is 0 Å². The van der Waals surface area contributed by atoms with Crippen LogP contribution in [0.15, 0.2) is 24.3 Å². The van der Waals surface area contributed by atoms with E-state index in [1.807, 2.05) is 0 Å². The lowest BCUT2D eigenvalue weighted by atomic mass is 9.94. The molecule has 24 heavy (non-hydrogen) atoms. The Hall–Kier alpha value is -2.14. The van der Waals surface area contributed by atoms with Crippen LogP contribution < -0.4 is 5.32 Å². The molecule has 0 bridgehead atoms. The highest BCUT2D eigenvalue weighted by Crippen LogP contribution is 2.81. The number of carbonyl (C=O) groups excluding carboxylic acids is 2. The Morgan fingerprint density at radius 3 is 2.29 bits per heavy atom. The standard InChI is InChI=1S/C16H15ClN2O5/c1-22-13(21)15-11(9-4-6-10(17)7-5-9)14(15,8-18)16(23-2,24-3)19-12(15)20/h4-7,11H,1-3H3,(H,19,20)/t11-,14-,15-/m1/s1. The van der Waals surface area contributed by atoms with Crippen LogP contribution in [0.25, 0.3) is 0 Å². The number of nitrogens with one attached hydrogen (secondary N) is 1. The van der Waals surface area contributed by atoms with Gasteiger partial charge in [0.25, 0.3) is 5.91 Å². The fraction of sp³-hybridized carbons (Fsp3) is 0.438. The first-order valence-electron chi connectivity index (χ1n) is 7.10. The van der Waals surface area contributed by atoms with Gasteiger partial charge in [0.2, 0.25) is 5.91 Å². The molecule has 3 atom stereocenters. The minimum atomic E-state index is -1.75. The quantitative estimate of drug-likeness (QED) is 0.497. The van der Waals surface area contributed by atoms with Crippen molar-refractivity contribution in [1.82, 2.24) is 5.32 Å². The number of piperidine rings is 1. The highest BCUT2D eigenvalue weighted by atomic mass is 35.5. The molecule has 1 aliphatic carbocycles. The van der Waals surface area contributed by atoms with E-state index in [4.69, 9.17) is 25.8 Å². The largest absolute Gasteiger partial charge is 0.468 e. The van der Waals surface area contributed by atoms with E-state index in [0.717, 1.165) is 0 Å². The molecule has 7 nitrogen and oxygen atoms in total. The smallest absolute Gasteiger partial charge is 0.324 e. The van der Waals surface area contributed by atoms with Gasteiger partial charge in [0.05, 0.1) is 13.2 Å². The molecule has 0 aromatic heterocycles. The fourth-order valence-electron chi connectivity index (χ4n) is 4.00. The van der Waals surface area contributed by atoms with Gasteiger partial charge in [-0.2, -0.15) is 5.26 Å². The number of carbonyl (C=O) groups is 2. The molecule has 3 rings (SSSR count). The molecule has 1 N–H and O–H groups in total. The number of halogens is 1. The van der Waals surface area contributed by atoms with Gasteiger partial charge in [-0.3, -0.25) is 9.59 Å². The number of hydrogen-bond donors (Lipinski definition) is 1. The second-order valence-corrected chi connectivity index (χ2v) is 6.12. The highest BCUT2D eigenvalue weighted by Gasteiger charge is 2.98. The van der Waals surface area contributed by atoms with Crippen LogP contribution in [0.3, 0.4) is 0 Å². The van der Waals surface area contributed by atoms with Gasteiger partial charge in [-0.15, -0.1) is 0 Å². The maximum Gasteiger partial charge on any atom is 0.324 e. The molecular formula is C16H15ClN2O5. The molecule has 2 aliphatic rings. The predicted molar refractivity (Wildman–Crippen MR) is 81.6 cm³/mol. The van der Waals surface area contributed by atoms with Gasteiger partial charge in [-0.05, 0) is 17.7 Å². The number of ether oxygens (including phenoxy) is 3. The zero-order valence-corrected chi connectivity index (χ0v) is 14.0. The number of hydrogen-bond acceptors (Lipinski definition) is 6. The zero-order chi connectivity index (χ0) is 17.8. The third kappa shape index (κ3) is 1.53. The Morgan fingerprint density at radius 2 is 1.83 bits per heavy atom. The number of rotatable bonds is 4. The number of esters is 1. The number of benzene rings is 1. The van der Waals surface area contributed by atoms with Gasteiger partial charge < -0.3 is 19.5 Å². The normalized spacial score (nSPS) is 32.5. The maximum absolute atomic E-state index is 12.7. The summed E-state index contributed by atoms with van der Waals surface area (Å²) in [7, 11) is 3.77. The minimum Gasteiger partial charge on any atom is -0.468 e. The molecule has 1 saturated carbocycles. The molecule has 1 saturated heterocycles. The molecule has 1 aromatic rings.